The van der Waals surface area contributed by atoms with Crippen molar-refractivity contribution in [1.82, 2.24) is 4.98 Å². The van der Waals surface area contributed by atoms with Crippen LogP contribution in [0.3, 0.4) is 0 Å². The molecular weight excluding hydrogens is 350 g/mol. The molecule has 144 valence electrons. The van der Waals surface area contributed by atoms with Gasteiger partial charge in [-0.3, -0.25) is 4.98 Å². The molecule has 4 aromatic rings. The van der Waals surface area contributed by atoms with Gasteiger partial charge in [-0.05, 0) is 83.0 Å². The third kappa shape index (κ3) is 3.06. The topological polar surface area (TPSA) is 12.9 Å². The third-order valence-corrected chi connectivity index (χ3v) is 6.12. The summed E-state index contributed by atoms with van der Waals surface area (Å²) in [6.07, 6.45) is 4.15. The lowest BCUT2D eigenvalue weighted by Gasteiger charge is -2.15. The van der Waals surface area contributed by atoms with E-state index in [2.05, 4.69) is 82.3 Å². The molecule has 1 nitrogen and oxygen atoms in total. The zero-order valence-corrected chi connectivity index (χ0v) is 17.7. The van der Waals surface area contributed by atoms with Crippen molar-refractivity contribution in [2.45, 2.75) is 40.5 Å². The van der Waals surface area contributed by atoms with E-state index in [0.717, 1.165) is 18.5 Å². The van der Waals surface area contributed by atoms with Crippen LogP contribution < -0.4 is 0 Å². The van der Waals surface area contributed by atoms with Gasteiger partial charge in [0.1, 0.15) is 0 Å². The fourth-order valence-electron chi connectivity index (χ4n) is 4.82. The molecule has 3 aromatic carbocycles. The first kappa shape index (κ1) is 18.1. The Morgan fingerprint density at radius 1 is 0.862 bits per heavy atom. The minimum absolute atomic E-state index is 0.660. The van der Waals surface area contributed by atoms with Crippen LogP contribution in [0, 0.1) is 19.8 Å². The van der Waals surface area contributed by atoms with E-state index in [1.807, 2.05) is 6.20 Å². The van der Waals surface area contributed by atoms with Crippen molar-refractivity contribution in [2.24, 2.45) is 5.92 Å². The van der Waals surface area contributed by atoms with Crippen molar-refractivity contribution in [3.8, 4) is 22.4 Å². The van der Waals surface area contributed by atoms with E-state index < -0.39 is 0 Å². The number of pyridine rings is 1. The van der Waals surface area contributed by atoms with Gasteiger partial charge >= 0.3 is 0 Å². The lowest BCUT2D eigenvalue weighted by molar-refractivity contribution is 0.648. The van der Waals surface area contributed by atoms with E-state index in [-0.39, 0.29) is 0 Å². The number of fused-ring (bicyclic) bond motifs is 4. The predicted molar refractivity (Wildman–Crippen MR) is 123 cm³/mol. The summed E-state index contributed by atoms with van der Waals surface area (Å²) in [7, 11) is 0. The Balaban J connectivity index is 1.73. The molecular formula is C28H27N. The highest BCUT2D eigenvalue weighted by Gasteiger charge is 2.23. The van der Waals surface area contributed by atoms with Crippen LogP contribution in [0.1, 0.15) is 41.7 Å². The lowest BCUT2D eigenvalue weighted by Crippen LogP contribution is -1.97. The van der Waals surface area contributed by atoms with Gasteiger partial charge in [0.05, 0.1) is 5.69 Å². The average Bonchev–Trinajstić information content (AvgIpc) is 3.06. The summed E-state index contributed by atoms with van der Waals surface area (Å²) in [5.74, 6) is 0.660. The zero-order chi connectivity index (χ0) is 20.1. The van der Waals surface area contributed by atoms with Crippen LogP contribution in [-0.4, -0.2) is 4.98 Å². The summed E-state index contributed by atoms with van der Waals surface area (Å²) in [5.41, 5.74) is 12.0. The minimum Gasteiger partial charge on any atom is -0.255 e. The molecule has 1 heteroatoms. The molecule has 0 saturated heterocycles. The maximum atomic E-state index is 4.95. The van der Waals surface area contributed by atoms with Crippen molar-refractivity contribution < 1.29 is 0 Å². The second kappa shape index (κ2) is 6.84. The summed E-state index contributed by atoms with van der Waals surface area (Å²) in [5, 5.41) is 2.60. The Bertz CT molecular complexity index is 1250. The van der Waals surface area contributed by atoms with Gasteiger partial charge in [-0.15, -0.1) is 0 Å². The molecule has 0 fully saturated rings. The van der Waals surface area contributed by atoms with Crippen molar-refractivity contribution in [1.29, 1.82) is 0 Å². The zero-order valence-electron chi connectivity index (χ0n) is 17.7. The van der Waals surface area contributed by atoms with Gasteiger partial charge in [-0.2, -0.15) is 0 Å². The second-order valence-electron chi connectivity index (χ2n) is 8.94. The van der Waals surface area contributed by atoms with Gasteiger partial charge in [0.15, 0.2) is 0 Å². The average molecular weight is 378 g/mol. The highest BCUT2D eigenvalue weighted by molar-refractivity contribution is 5.99. The standard InChI is InChI=1S/C28H27N/c1-17(2)11-20-9-10-23-24(14-20)19(4)16-29-28(23)27-13-18(3)12-25-22-8-6-5-7-21(22)15-26(25)27/h5-10,12-14,16-17H,11,15H2,1-4H3. The van der Waals surface area contributed by atoms with Crippen molar-refractivity contribution in [2.75, 3.05) is 0 Å². The molecule has 0 spiro atoms. The Labute approximate surface area is 173 Å². The SMILES string of the molecule is Cc1cc2c(c(-c3ncc(C)c4cc(CC(C)C)ccc34)c1)Cc1ccccc1-2. The molecule has 0 saturated carbocycles. The first-order valence-corrected chi connectivity index (χ1v) is 10.6. The predicted octanol–water partition coefficient (Wildman–Crippen LogP) is 7.29. The number of hydrogen-bond acceptors (Lipinski definition) is 1. The largest absolute Gasteiger partial charge is 0.255 e. The normalized spacial score (nSPS) is 12.4. The van der Waals surface area contributed by atoms with E-state index in [4.69, 9.17) is 4.98 Å². The van der Waals surface area contributed by atoms with Gasteiger partial charge in [-0.1, -0.05) is 62.4 Å². The highest BCUT2D eigenvalue weighted by Crippen LogP contribution is 2.43. The van der Waals surface area contributed by atoms with Crippen molar-refractivity contribution in [3.05, 3.63) is 88.6 Å². The highest BCUT2D eigenvalue weighted by atomic mass is 14.7. The van der Waals surface area contributed by atoms with Gasteiger partial charge < -0.3 is 0 Å². The maximum absolute atomic E-state index is 4.95. The van der Waals surface area contributed by atoms with Crippen LogP contribution in [0.25, 0.3) is 33.2 Å². The van der Waals surface area contributed by atoms with E-state index in [9.17, 15) is 0 Å². The Morgan fingerprint density at radius 2 is 1.66 bits per heavy atom. The van der Waals surface area contributed by atoms with E-state index in [0.29, 0.717) is 5.92 Å². The molecule has 0 bridgehead atoms. The molecule has 0 amide bonds. The van der Waals surface area contributed by atoms with Crippen LogP contribution in [0.15, 0.2) is 60.8 Å². The van der Waals surface area contributed by atoms with E-state index >= 15 is 0 Å². The van der Waals surface area contributed by atoms with Gasteiger partial charge in [0.25, 0.3) is 0 Å². The molecule has 5 rings (SSSR count). The first-order chi connectivity index (χ1) is 14.0. The van der Waals surface area contributed by atoms with Crippen LogP contribution in [0.2, 0.25) is 0 Å². The number of nitrogens with zero attached hydrogens (tertiary/aromatic N) is 1. The van der Waals surface area contributed by atoms with Crippen LogP contribution >= 0.6 is 0 Å². The summed E-state index contributed by atoms with van der Waals surface area (Å²) < 4.78 is 0. The monoisotopic (exact) mass is 377 g/mol. The van der Waals surface area contributed by atoms with Gasteiger partial charge in [0.2, 0.25) is 0 Å². The third-order valence-electron chi connectivity index (χ3n) is 6.12. The molecule has 0 unspecified atom stereocenters. The van der Waals surface area contributed by atoms with E-state index in [1.54, 1.807) is 0 Å². The molecule has 1 heterocycles. The molecule has 1 aliphatic carbocycles. The second-order valence-corrected chi connectivity index (χ2v) is 8.94. The summed E-state index contributed by atoms with van der Waals surface area (Å²) in [6.45, 7) is 8.93. The molecule has 1 aliphatic rings. The van der Waals surface area contributed by atoms with Crippen LogP contribution in [0.4, 0.5) is 0 Å². The number of rotatable bonds is 3. The smallest absolute Gasteiger partial charge is 0.0783 e. The lowest BCUT2D eigenvalue weighted by atomic mass is 9.92. The molecule has 0 N–H and O–H groups in total. The first-order valence-electron chi connectivity index (χ1n) is 10.6. The van der Waals surface area contributed by atoms with Crippen LogP contribution in [-0.2, 0) is 12.8 Å². The summed E-state index contributed by atoms with van der Waals surface area (Å²) in [4.78, 5) is 4.95. The number of aromatic nitrogens is 1. The Kier molecular flexibility index (Phi) is 4.28. The Hall–Kier alpha value is -2.93. The molecule has 0 radical (unpaired) electrons. The number of aryl methyl sites for hydroxylation is 2. The fraction of sp³-hybridized carbons (Fsp3) is 0.250. The maximum Gasteiger partial charge on any atom is 0.0783 e. The molecule has 29 heavy (non-hydrogen) atoms. The number of hydrogen-bond donors (Lipinski definition) is 0. The fourth-order valence-corrected chi connectivity index (χ4v) is 4.82. The number of benzene rings is 3. The van der Waals surface area contributed by atoms with Crippen LogP contribution in [0.5, 0.6) is 0 Å². The molecule has 0 atom stereocenters. The van der Waals surface area contributed by atoms with Crippen molar-refractivity contribution in [3.63, 3.8) is 0 Å². The minimum atomic E-state index is 0.660. The van der Waals surface area contributed by atoms with Gasteiger partial charge in [0, 0.05) is 17.1 Å². The Morgan fingerprint density at radius 3 is 2.48 bits per heavy atom. The molecule has 0 aliphatic heterocycles. The van der Waals surface area contributed by atoms with Gasteiger partial charge in [-0.25, -0.2) is 0 Å². The summed E-state index contributed by atoms with van der Waals surface area (Å²) in [6, 6.07) is 20.4. The van der Waals surface area contributed by atoms with Crippen molar-refractivity contribution >= 4 is 10.8 Å². The summed E-state index contributed by atoms with van der Waals surface area (Å²) >= 11 is 0. The van der Waals surface area contributed by atoms with E-state index in [1.165, 1.54) is 55.3 Å². The molecule has 1 aromatic heterocycles. The quantitative estimate of drug-likeness (QED) is 0.322.